The van der Waals surface area contributed by atoms with Gasteiger partial charge >= 0.3 is 0 Å². The first-order chi connectivity index (χ1) is 28.4. The Bertz CT molecular complexity index is 2350. The first kappa shape index (κ1) is 39.5. The molecule has 4 aromatic rings. The minimum absolute atomic E-state index is 0.0848. The summed E-state index contributed by atoms with van der Waals surface area (Å²) < 4.78 is 2.13. The van der Waals surface area contributed by atoms with Crippen molar-refractivity contribution in [3.05, 3.63) is 91.8 Å². The number of fused-ring (bicyclic) bond motifs is 4. The molecule has 7 heterocycles. The first-order valence-corrected chi connectivity index (χ1v) is 21.8. The van der Waals surface area contributed by atoms with Crippen LogP contribution in [-0.4, -0.2) is 98.9 Å². The number of rotatable bonds is 8. The number of imide groups is 2. The fourth-order valence-electron chi connectivity index (χ4n) is 9.47. The van der Waals surface area contributed by atoms with E-state index in [1.165, 1.54) is 16.0 Å². The van der Waals surface area contributed by atoms with Gasteiger partial charge in [0, 0.05) is 66.2 Å². The minimum atomic E-state index is -0.986. The zero-order chi connectivity index (χ0) is 41.1. The van der Waals surface area contributed by atoms with Crippen molar-refractivity contribution in [2.75, 3.05) is 37.6 Å². The molecular weight excluding hydrogens is 790 g/mol. The van der Waals surface area contributed by atoms with Gasteiger partial charge in [0.05, 0.1) is 23.2 Å². The van der Waals surface area contributed by atoms with Crippen molar-refractivity contribution in [2.24, 2.45) is 5.92 Å². The molecule has 3 saturated heterocycles. The number of halogens is 1. The number of carbonyl (C=O) groups is 5. The number of thiophene rings is 1. The summed E-state index contributed by atoms with van der Waals surface area (Å²) in [4.78, 5) is 71.4. The van der Waals surface area contributed by atoms with Gasteiger partial charge in [0.25, 0.3) is 11.8 Å². The van der Waals surface area contributed by atoms with Gasteiger partial charge in [0.1, 0.15) is 16.9 Å². The molecule has 3 fully saturated rings. The van der Waals surface area contributed by atoms with E-state index in [0.717, 1.165) is 78.1 Å². The molecule has 2 unspecified atom stereocenters. The predicted molar refractivity (Wildman–Crippen MR) is 223 cm³/mol. The van der Waals surface area contributed by atoms with E-state index in [4.69, 9.17) is 11.6 Å². The van der Waals surface area contributed by atoms with Gasteiger partial charge in [-0.05, 0) is 107 Å². The van der Waals surface area contributed by atoms with E-state index in [0.29, 0.717) is 29.6 Å². The molecule has 0 aliphatic carbocycles. The lowest BCUT2D eigenvalue weighted by molar-refractivity contribution is -0.136. The summed E-state index contributed by atoms with van der Waals surface area (Å²) in [5, 5.41) is 20.8. The summed E-state index contributed by atoms with van der Waals surface area (Å²) in [5.74, 6) is 0.0931. The molecule has 59 heavy (non-hydrogen) atoms. The van der Waals surface area contributed by atoms with Crippen LogP contribution in [0.2, 0.25) is 5.02 Å². The van der Waals surface area contributed by atoms with Crippen LogP contribution in [-0.2, 0) is 14.4 Å². The third kappa shape index (κ3) is 7.36. The number of likely N-dealkylation sites (tertiary alicyclic amines) is 1. The Balaban J connectivity index is 0.806. The van der Waals surface area contributed by atoms with Crippen LogP contribution in [0.25, 0.3) is 5.00 Å². The van der Waals surface area contributed by atoms with E-state index in [1.807, 2.05) is 30.0 Å². The van der Waals surface area contributed by atoms with Crippen LogP contribution in [0.15, 0.2) is 42.5 Å². The number of hydrogen-bond acceptors (Lipinski definition) is 11. The maximum Gasteiger partial charge on any atom is 0.262 e. The highest BCUT2D eigenvalue weighted by Crippen LogP contribution is 2.43. The van der Waals surface area contributed by atoms with Crippen molar-refractivity contribution in [1.29, 1.82) is 0 Å². The van der Waals surface area contributed by atoms with Crippen LogP contribution in [0.5, 0.6) is 0 Å². The van der Waals surface area contributed by atoms with Crippen molar-refractivity contribution in [3.8, 4) is 5.00 Å². The van der Waals surface area contributed by atoms with Gasteiger partial charge < -0.3 is 15.1 Å². The van der Waals surface area contributed by atoms with Crippen LogP contribution >= 0.6 is 22.9 Å². The van der Waals surface area contributed by atoms with Crippen LogP contribution in [0.1, 0.15) is 111 Å². The smallest absolute Gasteiger partial charge is 0.262 e. The van der Waals surface area contributed by atoms with Crippen molar-refractivity contribution in [1.82, 2.24) is 40.5 Å². The van der Waals surface area contributed by atoms with E-state index in [1.54, 1.807) is 23.5 Å². The van der Waals surface area contributed by atoms with Crippen LogP contribution in [0.4, 0.5) is 5.69 Å². The van der Waals surface area contributed by atoms with Gasteiger partial charge in [0.2, 0.25) is 17.7 Å². The zero-order valence-electron chi connectivity index (χ0n) is 33.4. The molecule has 5 amide bonds. The number of carbonyl (C=O) groups excluding carboxylic acids is 5. The van der Waals surface area contributed by atoms with Crippen molar-refractivity contribution < 1.29 is 24.0 Å². The van der Waals surface area contributed by atoms with Gasteiger partial charge in [-0.2, -0.15) is 0 Å². The molecule has 0 bridgehead atoms. The van der Waals surface area contributed by atoms with Gasteiger partial charge in [0.15, 0.2) is 5.82 Å². The number of piperidine rings is 3. The molecule has 2 aromatic heterocycles. The summed E-state index contributed by atoms with van der Waals surface area (Å²) in [6.45, 7) is 10.1. The van der Waals surface area contributed by atoms with E-state index >= 15 is 0 Å². The molecule has 0 spiro atoms. The number of hydrogen-bond donors (Lipinski definition) is 3. The molecule has 4 atom stereocenters. The number of anilines is 1. The fraction of sp³-hybridized carbons (Fsp3) is 0.465. The predicted octanol–water partition coefficient (Wildman–Crippen LogP) is 4.93. The van der Waals surface area contributed by atoms with E-state index in [2.05, 4.69) is 61.6 Å². The second-order valence-electron chi connectivity index (χ2n) is 16.5. The summed E-state index contributed by atoms with van der Waals surface area (Å²) >= 11 is 8.03. The van der Waals surface area contributed by atoms with Crippen molar-refractivity contribution in [3.63, 3.8) is 0 Å². The van der Waals surface area contributed by atoms with Crippen LogP contribution in [0, 0.1) is 26.7 Å². The molecule has 308 valence electrons. The average molecular weight is 838 g/mol. The Morgan fingerprint density at radius 1 is 0.932 bits per heavy atom. The highest BCUT2D eigenvalue weighted by molar-refractivity contribution is 7.14. The van der Waals surface area contributed by atoms with Crippen molar-refractivity contribution in [2.45, 2.75) is 89.9 Å². The maximum atomic E-state index is 14.1. The molecule has 2 aromatic carbocycles. The molecule has 0 saturated carbocycles. The standard InChI is InChI=1S/C43H48ClN9O5S/c1-23-24(2)59-43-37(23)38(27-6-8-28(44)9-7-27)46-33(39-49-48-25(3)52(39)43)20-36(55)50-17-14-26(15-18-50)21-45-29-5-4-16-51(22-29)30-10-11-31-32(19-30)42(58)53(41(31)57)34-12-13-35(54)47-40(34)56/h6-11,19,26,29,33-34,38,45-46H,4-5,12-18,20-22H2,1-3H3,(H,47,54,56)/t29-,33?,34?,38+/m1/s1. The molecule has 14 nitrogen and oxygen atoms in total. The Morgan fingerprint density at radius 3 is 2.46 bits per heavy atom. The number of nitrogens with zero attached hydrogens (tertiary/aromatic N) is 6. The van der Waals surface area contributed by atoms with Crippen LogP contribution in [0.3, 0.4) is 0 Å². The number of benzene rings is 2. The van der Waals surface area contributed by atoms with Gasteiger partial charge in [-0.15, -0.1) is 21.5 Å². The average Bonchev–Trinajstić information content (AvgIpc) is 3.81. The summed E-state index contributed by atoms with van der Waals surface area (Å²) in [6, 6.07) is 12.0. The number of aromatic nitrogens is 3. The molecule has 5 aliphatic rings. The third-order valence-corrected chi connectivity index (χ3v) is 14.3. The number of nitrogens with one attached hydrogen (secondary N) is 3. The lowest BCUT2D eigenvalue weighted by atomic mass is 9.94. The third-order valence-electron chi connectivity index (χ3n) is 12.9. The van der Waals surface area contributed by atoms with E-state index < -0.39 is 29.7 Å². The Hall–Kier alpha value is -4.96. The van der Waals surface area contributed by atoms with E-state index in [-0.39, 0.29) is 48.9 Å². The zero-order valence-corrected chi connectivity index (χ0v) is 35.0. The fourth-order valence-corrected chi connectivity index (χ4v) is 10.8. The lowest BCUT2D eigenvalue weighted by Gasteiger charge is -2.37. The topological polar surface area (TPSA) is 162 Å². The molecule has 3 N–H and O–H groups in total. The van der Waals surface area contributed by atoms with Crippen molar-refractivity contribution >= 4 is 58.2 Å². The van der Waals surface area contributed by atoms with Gasteiger partial charge in [-0.25, -0.2) is 0 Å². The normalized spacial score (nSPS) is 23.6. The summed E-state index contributed by atoms with van der Waals surface area (Å²) in [6.07, 6.45) is 4.32. The first-order valence-electron chi connectivity index (χ1n) is 20.6. The van der Waals surface area contributed by atoms with Crippen LogP contribution < -0.4 is 20.9 Å². The quantitative estimate of drug-likeness (QED) is 0.208. The van der Waals surface area contributed by atoms with Gasteiger partial charge in [-0.3, -0.25) is 44.1 Å². The minimum Gasteiger partial charge on any atom is -0.370 e. The Labute approximate surface area is 351 Å². The van der Waals surface area contributed by atoms with Gasteiger partial charge in [-0.1, -0.05) is 23.7 Å². The highest BCUT2D eigenvalue weighted by atomic mass is 35.5. The summed E-state index contributed by atoms with van der Waals surface area (Å²) in [5.41, 5.74) is 4.93. The maximum absolute atomic E-state index is 14.1. The largest absolute Gasteiger partial charge is 0.370 e. The molecule has 9 rings (SSSR count). The second-order valence-corrected chi connectivity index (χ2v) is 18.2. The molecule has 5 aliphatic heterocycles. The Kier molecular flexibility index (Phi) is 10.6. The lowest BCUT2D eigenvalue weighted by Crippen LogP contribution is -2.54. The molecular formula is C43H48ClN9O5S. The number of amides is 5. The Morgan fingerprint density at radius 2 is 1.69 bits per heavy atom. The summed E-state index contributed by atoms with van der Waals surface area (Å²) in [7, 11) is 0. The molecule has 16 heteroatoms. The second kappa shape index (κ2) is 15.9. The molecule has 0 radical (unpaired) electrons. The highest BCUT2D eigenvalue weighted by Gasteiger charge is 2.45. The number of aryl methyl sites for hydroxylation is 2. The monoisotopic (exact) mass is 837 g/mol. The SMILES string of the molecule is Cc1sc2c(c1C)[C@H](c1ccc(Cl)cc1)NC(CC(=O)N1CCC(CN[C@@H]3CCCN(c4ccc5c(c4)C(=O)N(C4CCC(=O)NC4=O)C5=O)C3)CC1)c1nnc(C)n1-2. The van der Waals surface area contributed by atoms with E-state index in [9.17, 15) is 24.0 Å².